The fourth-order valence-electron chi connectivity index (χ4n) is 2.04. The van der Waals surface area contributed by atoms with Gasteiger partial charge in [0.25, 0.3) is 0 Å². The van der Waals surface area contributed by atoms with E-state index in [2.05, 4.69) is 4.98 Å². The molecule has 1 unspecified atom stereocenters. The topological polar surface area (TPSA) is 67.3 Å². The lowest BCUT2D eigenvalue weighted by Crippen LogP contribution is -2.26. The second-order valence-corrected chi connectivity index (χ2v) is 7.39. The standard InChI is InChI=1S/C10H15NO3S2/c12-5-9-6-15-10(11-9)4-8-2-1-3-16(13,14)7-8/h6,8,12H,1-5,7H2. The minimum Gasteiger partial charge on any atom is -0.390 e. The van der Waals surface area contributed by atoms with Gasteiger partial charge in [-0.2, -0.15) is 0 Å². The van der Waals surface area contributed by atoms with Crippen molar-refractivity contribution in [3.63, 3.8) is 0 Å². The maximum Gasteiger partial charge on any atom is 0.150 e. The number of aliphatic hydroxyl groups is 1. The summed E-state index contributed by atoms with van der Waals surface area (Å²) in [7, 11) is -2.82. The largest absolute Gasteiger partial charge is 0.390 e. The van der Waals surface area contributed by atoms with Crippen LogP contribution in [0.15, 0.2) is 5.38 Å². The molecule has 0 aliphatic carbocycles. The van der Waals surface area contributed by atoms with Gasteiger partial charge in [0, 0.05) is 11.8 Å². The van der Waals surface area contributed by atoms with Crippen LogP contribution in [0.2, 0.25) is 0 Å². The van der Waals surface area contributed by atoms with Gasteiger partial charge in [0.05, 0.1) is 28.8 Å². The predicted octanol–water partition coefficient (Wildman–Crippen LogP) is 1.00. The van der Waals surface area contributed by atoms with Crippen molar-refractivity contribution in [1.82, 2.24) is 4.98 Å². The van der Waals surface area contributed by atoms with Crippen LogP contribution in [0.3, 0.4) is 0 Å². The molecule has 1 aliphatic heterocycles. The lowest BCUT2D eigenvalue weighted by atomic mass is 10.0. The summed E-state index contributed by atoms with van der Waals surface area (Å²) in [5.41, 5.74) is 0.679. The molecule has 1 saturated heterocycles. The number of aromatic nitrogens is 1. The van der Waals surface area contributed by atoms with Gasteiger partial charge in [0.2, 0.25) is 0 Å². The molecule has 1 N–H and O–H groups in total. The Morgan fingerprint density at radius 1 is 1.56 bits per heavy atom. The lowest BCUT2D eigenvalue weighted by Gasteiger charge is -2.20. The Morgan fingerprint density at radius 2 is 2.38 bits per heavy atom. The van der Waals surface area contributed by atoms with Crippen LogP contribution in [0.4, 0.5) is 0 Å². The molecular formula is C10H15NO3S2. The maximum atomic E-state index is 11.5. The molecule has 1 aromatic rings. The van der Waals surface area contributed by atoms with E-state index in [0.717, 1.165) is 24.3 Å². The molecule has 1 aromatic heterocycles. The second kappa shape index (κ2) is 4.81. The van der Waals surface area contributed by atoms with Crippen LogP contribution < -0.4 is 0 Å². The molecule has 0 amide bonds. The molecule has 4 nitrogen and oxygen atoms in total. The third kappa shape index (κ3) is 3.02. The molecule has 1 fully saturated rings. The third-order valence-electron chi connectivity index (χ3n) is 2.78. The smallest absolute Gasteiger partial charge is 0.150 e. The van der Waals surface area contributed by atoms with Gasteiger partial charge < -0.3 is 5.11 Å². The number of aliphatic hydroxyl groups excluding tert-OH is 1. The van der Waals surface area contributed by atoms with Crippen LogP contribution in [-0.4, -0.2) is 30.0 Å². The molecule has 0 saturated carbocycles. The summed E-state index contributed by atoms with van der Waals surface area (Å²) in [5, 5.41) is 11.7. The van der Waals surface area contributed by atoms with Crippen LogP contribution in [0, 0.1) is 5.92 Å². The third-order valence-corrected chi connectivity index (χ3v) is 5.59. The van der Waals surface area contributed by atoms with Crippen molar-refractivity contribution in [3.8, 4) is 0 Å². The Hall–Kier alpha value is -0.460. The number of rotatable bonds is 3. The molecular weight excluding hydrogens is 246 g/mol. The van der Waals surface area contributed by atoms with E-state index in [9.17, 15) is 8.42 Å². The van der Waals surface area contributed by atoms with Crippen LogP contribution >= 0.6 is 11.3 Å². The Morgan fingerprint density at radius 3 is 3.00 bits per heavy atom. The Labute approximate surface area is 99.3 Å². The molecule has 2 rings (SSSR count). The quantitative estimate of drug-likeness (QED) is 0.881. The molecule has 16 heavy (non-hydrogen) atoms. The lowest BCUT2D eigenvalue weighted by molar-refractivity contribution is 0.277. The molecule has 1 atom stereocenters. The van der Waals surface area contributed by atoms with E-state index in [4.69, 9.17) is 5.11 Å². The van der Waals surface area contributed by atoms with E-state index < -0.39 is 9.84 Å². The van der Waals surface area contributed by atoms with E-state index in [1.54, 1.807) is 0 Å². The summed E-state index contributed by atoms with van der Waals surface area (Å²) >= 11 is 1.50. The minimum absolute atomic E-state index is 0.0422. The SMILES string of the molecule is O=S1(=O)CCCC(Cc2nc(CO)cs2)C1. The molecule has 6 heteroatoms. The van der Waals surface area contributed by atoms with Crippen molar-refractivity contribution in [1.29, 1.82) is 0 Å². The summed E-state index contributed by atoms with van der Waals surface area (Å²) < 4.78 is 22.9. The average molecular weight is 261 g/mol. The summed E-state index contributed by atoms with van der Waals surface area (Å²) in [5.74, 6) is 0.834. The summed E-state index contributed by atoms with van der Waals surface area (Å²) in [4.78, 5) is 4.24. The zero-order valence-electron chi connectivity index (χ0n) is 8.92. The van der Waals surface area contributed by atoms with Gasteiger partial charge in [0.1, 0.15) is 0 Å². The summed E-state index contributed by atoms with van der Waals surface area (Å²) in [6.45, 7) is -0.0422. The van der Waals surface area contributed by atoms with Crippen LogP contribution in [-0.2, 0) is 22.9 Å². The highest BCUT2D eigenvalue weighted by Gasteiger charge is 2.25. The van der Waals surface area contributed by atoms with Crippen molar-refractivity contribution >= 4 is 21.2 Å². The van der Waals surface area contributed by atoms with Crippen molar-refractivity contribution in [2.45, 2.75) is 25.9 Å². The second-order valence-electron chi connectivity index (χ2n) is 4.22. The Kier molecular flexibility index (Phi) is 3.61. The van der Waals surface area contributed by atoms with E-state index in [-0.39, 0.29) is 12.5 Å². The van der Waals surface area contributed by atoms with Crippen LogP contribution in [0.1, 0.15) is 23.5 Å². The van der Waals surface area contributed by atoms with Crippen LogP contribution in [0.5, 0.6) is 0 Å². The normalized spacial score (nSPS) is 24.4. The Balaban J connectivity index is 1.99. The van der Waals surface area contributed by atoms with Gasteiger partial charge in [-0.25, -0.2) is 13.4 Å². The molecule has 0 spiro atoms. The summed E-state index contributed by atoms with van der Waals surface area (Å²) in [6.07, 6.45) is 2.46. The van der Waals surface area contributed by atoms with Crippen LogP contribution in [0.25, 0.3) is 0 Å². The number of hydrogen-bond acceptors (Lipinski definition) is 5. The fraction of sp³-hybridized carbons (Fsp3) is 0.700. The highest BCUT2D eigenvalue weighted by molar-refractivity contribution is 7.91. The van der Waals surface area contributed by atoms with Gasteiger partial charge in [-0.05, 0) is 18.8 Å². The fourth-order valence-corrected chi connectivity index (χ4v) is 4.72. The number of sulfone groups is 1. The first-order chi connectivity index (χ1) is 7.59. The van der Waals surface area contributed by atoms with E-state index in [1.165, 1.54) is 11.3 Å². The zero-order chi connectivity index (χ0) is 11.6. The van der Waals surface area contributed by atoms with Gasteiger partial charge >= 0.3 is 0 Å². The van der Waals surface area contributed by atoms with Gasteiger partial charge in [-0.1, -0.05) is 0 Å². The number of nitrogens with zero attached hydrogens (tertiary/aromatic N) is 1. The highest BCUT2D eigenvalue weighted by atomic mass is 32.2. The van der Waals surface area contributed by atoms with E-state index in [1.807, 2.05) is 5.38 Å². The van der Waals surface area contributed by atoms with Gasteiger partial charge in [0.15, 0.2) is 9.84 Å². The number of hydrogen-bond donors (Lipinski definition) is 1. The first-order valence-electron chi connectivity index (χ1n) is 5.33. The number of thiazole rings is 1. The Bertz CT molecular complexity index is 452. The molecule has 2 heterocycles. The zero-order valence-corrected chi connectivity index (χ0v) is 10.6. The molecule has 1 aliphatic rings. The molecule has 0 bridgehead atoms. The first-order valence-corrected chi connectivity index (χ1v) is 8.04. The van der Waals surface area contributed by atoms with Crippen molar-refractivity contribution in [2.24, 2.45) is 5.92 Å². The maximum absolute atomic E-state index is 11.5. The molecule has 0 aromatic carbocycles. The first kappa shape index (κ1) is 12.0. The highest BCUT2D eigenvalue weighted by Crippen LogP contribution is 2.23. The molecule has 0 radical (unpaired) electrons. The van der Waals surface area contributed by atoms with Crippen molar-refractivity contribution in [2.75, 3.05) is 11.5 Å². The predicted molar refractivity (Wildman–Crippen MR) is 63.1 cm³/mol. The van der Waals surface area contributed by atoms with Crippen molar-refractivity contribution in [3.05, 3.63) is 16.1 Å². The van der Waals surface area contributed by atoms with E-state index in [0.29, 0.717) is 17.2 Å². The minimum atomic E-state index is -2.82. The van der Waals surface area contributed by atoms with Crippen molar-refractivity contribution < 1.29 is 13.5 Å². The van der Waals surface area contributed by atoms with Gasteiger partial charge in [-0.15, -0.1) is 11.3 Å². The molecule has 90 valence electrons. The average Bonchev–Trinajstić information content (AvgIpc) is 2.64. The summed E-state index contributed by atoms with van der Waals surface area (Å²) in [6, 6.07) is 0. The van der Waals surface area contributed by atoms with Gasteiger partial charge in [-0.3, -0.25) is 0 Å². The van der Waals surface area contributed by atoms with E-state index >= 15 is 0 Å². The monoisotopic (exact) mass is 261 g/mol.